The maximum atomic E-state index is 12.5. The quantitative estimate of drug-likeness (QED) is 0.403. The highest BCUT2D eigenvalue weighted by molar-refractivity contribution is 6.32. The van der Waals surface area contributed by atoms with Crippen LogP contribution in [0.1, 0.15) is 33.3 Å². The van der Waals surface area contributed by atoms with Gasteiger partial charge in [-0.15, -0.1) is 0 Å². The first-order chi connectivity index (χ1) is 14.8. The number of carbonyl (C=O) groups is 2. The molecule has 3 N–H and O–H groups in total. The number of nitrogens with one attached hydrogen (secondary N) is 1. The molecular formula is C20H18ClN5O5. The molecule has 0 aliphatic heterocycles. The van der Waals surface area contributed by atoms with Crippen LogP contribution in [0.25, 0.3) is 0 Å². The molecule has 11 heteroatoms. The summed E-state index contributed by atoms with van der Waals surface area (Å²) < 4.78 is 7.09. The third-order valence-corrected chi connectivity index (χ3v) is 4.60. The number of primary amides is 1. The van der Waals surface area contributed by atoms with Crippen molar-refractivity contribution in [1.29, 1.82) is 0 Å². The van der Waals surface area contributed by atoms with Gasteiger partial charge in [0.25, 0.3) is 17.5 Å². The molecule has 1 heterocycles. The molecule has 0 fully saturated rings. The van der Waals surface area contributed by atoms with Gasteiger partial charge in [-0.3, -0.25) is 24.4 Å². The van der Waals surface area contributed by atoms with Crippen LogP contribution in [0.2, 0.25) is 5.02 Å². The lowest BCUT2D eigenvalue weighted by molar-refractivity contribution is -0.384. The van der Waals surface area contributed by atoms with E-state index >= 15 is 0 Å². The van der Waals surface area contributed by atoms with Crippen LogP contribution in [0, 0.1) is 10.1 Å². The molecule has 0 saturated heterocycles. The third-order valence-electron chi connectivity index (χ3n) is 4.30. The first-order valence-corrected chi connectivity index (χ1v) is 9.50. The number of hydrogen-bond donors (Lipinski definition) is 2. The second-order valence-electron chi connectivity index (χ2n) is 6.42. The van der Waals surface area contributed by atoms with Crippen LogP contribution >= 0.6 is 11.6 Å². The molecule has 0 bridgehead atoms. The molecule has 0 saturated carbocycles. The van der Waals surface area contributed by atoms with Gasteiger partial charge >= 0.3 is 0 Å². The molecule has 31 heavy (non-hydrogen) atoms. The summed E-state index contributed by atoms with van der Waals surface area (Å²) in [7, 11) is 0. The fourth-order valence-electron chi connectivity index (χ4n) is 2.69. The highest BCUT2D eigenvalue weighted by Crippen LogP contribution is 2.29. The van der Waals surface area contributed by atoms with Crippen molar-refractivity contribution in [2.45, 2.75) is 20.1 Å². The lowest BCUT2D eigenvalue weighted by Crippen LogP contribution is -2.18. The molecule has 3 rings (SSSR count). The van der Waals surface area contributed by atoms with Crippen molar-refractivity contribution in [2.24, 2.45) is 5.73 Å². The van der Waals surface area contributed by atoms with Gasteiger partial charge in [0.15, 0.2) is 5.69 Å². The van der Waals surface area contributed by atoms with Crippen LogP contribution in [0.5, 0.6) is 5.75 Å². The van der Waals surface area contributed by atoms with Crippen LogP contribution in [0.4, 0.5) is 11.4 Å². The zero-order valence-electron chi connectivity index (χ0n) is 16.4. The minimum atomic E-state index is -0.736. The fraction of sp³-hybridized carbons (Fsp3) is 0.150. The average molecular weight is 444 g/mol. The summed E-state index contributed by atoms with van der Waals surface area (Å²) in [5, 5.41) is 17.6. The van der Waals surface area contributed by atoms with Crippen LogP contribution < -0.4 is 15.8 Å². The highest BCUT2D eigenvalue weighted by Gasteiger charge is 2.17. The number of aryl methyl sites for hydroxylation is 1. The number of benzene rings is 2. The maximum Gasteiger partial charge on any atom is 0.271 e. The van der Waals surface area contributed by atoms with Gasteiger partial charge in [0.1, 0.15) is 12.4 Å². The molecule has 160 valence electrons. The van der Waals surface area contributed by atoms with Crippen molar-refractivity contribution in [2.75, 3.05) is 5.32 Å². The molecule has 0 aliphatic carbocycles. The first-order valence-electron chi connectivity index (χ1n) is 9.12. The minimum Gasteiger partial charge on any atom is -0.487 e. The molecule has 1 aromatic heterocycles. The average Bonchev–Trinajstić information content (AvgIpc) is 3.16. The van der Waals surface area contributed by atoms with Crippen LogP contribution in [-0.2, 0) is 13.2 Å². The van der Waals surface area contributed by atoms with Crippen molar-refractivity contribution >= 4 is 34.8 Å². The highest BCUT2D eigenvalue weighted by atomic mass is 35.5. The zero-order valence-corrected chi connectivity index (χ0v) is 17.1. The Hall–Kier alpha value is -3.92. The van der Waals surface area contributed by atoms with E-state index in [0.717, 1.165) is 5.56 Å². The molecule has 10 nitrogen and oxygen atoms in total. The number of nitro groups is 1. The van der Waals surface area contributed by atoms with Gasteiger partial charge in [0.2, 0.25) is 0 Å². The number of rotatable bonds is 8. The van der Waals surface area contributed by atoms with E-state index in [1.54, 1.807) is 24.3 Å². The van der Waals surface area contributed by atoms with Gasteiger partial charge in [0, 0.05) is 30.4 Å². The summed E-state index contributed by atoms with van der Waals surface area (Å²) in [5.74, 6) is -0.857. The third kappa shape index (κ3) is 5.17. The van der Waals surface area contributed by atoms with Crippen LogP contribution in [0.15, 0.2) is 48.7 Å². The maximum absolute atomic E-state index is 12.5. The number of halogens is 1. The van der Waals surface area contributed by atoms with Gasteiger partial charge < -0.3 is 15.8 Å². The summed E-state index contributed by atoms with van der Waals surface area (Å²) in [6, 6.07) is 10.5. The summed E-state index contributed by atoms with van der Waals surface area (Å²) >= 11 is 6.01. The molecule has 0 aliphatic rings. The number of aromatic nitrogens is 2. The van der Waals surface area contributed by atoms with E-state index in [0.29, 0.717) is 17.9 Å². The zero-order chi connectivity index (χ0) is 22.5. The van der Waals surface area contributed by atoms with Crippen molar-refractivity contribution < 1.29 is 19.2 Å². The van der Waals surface area contributed by atoms with E-state index in [1.165, 1.54) is 29.1 Å². The van der Waals surface area contributed by atoms with Crippen molar-refractivity contribution in [3.8, 4) is 5.75 Å². The van der Waals surface area contributed by atoms with Gasteiger partial charge in [-0.1, -0.05) is 23.7 Å². The van der Waals surface area contributed by atoms with Crippen LogP contribution in [-0.4, -0.2) is 26.5 Å². The number of amides is 2. The molecular weight excluding hydrogens is 426 g/mol. The number of nitrogens with zero attached hydrogens (tertiary/aromatic N) is 3. The SMILES string of the molecule is CCn1cc(NC(=O)c2ccc(COc3ccc([N+](=O)[O-])cc3Cl)cc2)c(C(N)=O)n1. The van der Waals surface area contributed by atoms with E-state index in [9.17, 15) is 19.7 Å². The summed E-state index contributed by atoms with van der Waals surface area (Å²) in [5.41, 5.74) is 6.51. The largest absolute Gasteiger partial charge is 0.487 e. The Morgan fingerprint density at radius 2 is 1.97 bits per heavy atom. The Kier molecular flexibility index (Phi) is 6.51. The molecule has 0 spiro atoms. The normalized spacial score (nSPS) is 10.5. The Labute approximate surface area is 181 Å². The summed E-state index contributed by atoms with van der Waals surface area (Å²) in [6.45, 7) is 2.51. The molecule has 3 aromatic rings. The Morgan fingerprint density at radius 1 is 1.26 bits per heavy atom. The molecule has 0 radical (unpaired) electrons. The number of hydrogen-bond acceptors (Lipinski definition) is 6. The van der Waals surface area contributed by atoms with Crippen molar-refractivity contribution in [1.82, 2.24) is 9.78 Å². The second kappa shape index (κ2) is 9.26. The molecule has 0 unspecified atom stereocenters. The van der Waals surface area contributed by atoms with E-state index in [1.807, 2.05) is 6.92 Å². The van der Waals surface area contributed by atoms with Gasteiger partial charge in [-0.2, -0.15) is 5.10 Å². The Balaban J connectivity index is 1.65. The first kappa shape index (κ1) is 21.8. The number of carbonyl (C=O) groups excluding carboxylic acids is 2. The van der Waals surface area contributed by atoms with E-state index in [4.69, 9.17) is 22.1 Å². The molecule has 0 atom stereocenters. The number of ether oxygens (including phenoxy) is 1. The number of non-ortho nitro benzene ring substituents is 1. The van der Waals surface area contributed by atoms with E-state index in [2.05, 4.69) is 10.4 Å². The Morgan fingerprint density at radius 3 is 2.55 bits per heavy atom. The predicted molar refractivity (Wildman–Crippen MR) is 113 cm³/mol. The predicted octanol–water partition coefficient (Wildman–Crippen LogP) is 3.39. The van der Waals surface area contributed by atoms with Crippen molar-refractivity contribution in [3.63, 3.8) is 0 Å². The fourth-order valence-corrected chi connectivity index (χ4v) is 2.91. The standard InChI is InChI=1S/C20H18ClN5O5/c1-2-25-10-16(18(24-25)19(22)27)23-20(28)13-5-3-12(4-6-13)11-31-17-8-7-14(26(29)30)9-15(17)21/h3-10H,2,11H2,1H3,(H2,22,27)(H,23,28). The smallest absolute Gasteiger partial charge is 0.271 e. The number of anilines is 1. The second-order valence-corrected chi connectivity index (χ2v) is 6.83. The summed E-state index contributed by atoms with van der Waals surface area (Å²) in [6.07, 6.45) is 1.54. The number of nitro benzene ring substituents is 1. The monoisotopic (exact) mass is 443 g/mol. The molecule has 2 amide bonds. The summed E-state index contributed by atoms with van der Waals surface area (Å²) in [4.78, 5) is 34.2. The van der Waals surface area contributed by atoms with Crippen molar-refractivity contribution in [3.05, 3.63) is 80.6 Å². The Bertz CT molecular complexity index is 1140. The number of nitrogens with two attached hydrogens (primary N) is 1. The minimum absolute atomic E-state index is 0.0137. The lowest BCUT2D eigenvalue weighted by atomic mass is 10.1. The van der Waals surface area contributed by atoms with Gasteiger partial charge in [-0.25, -0.2) is 0 Å². The topological polar surface area (TPSA) is 142 Å². The molecule has 2 aromatic carbocycles. The van der Waals surface area contributed by atoms with Gasteiger partial charge in [-0.05, 0) is 30.7 Å². The van der Waals surface area contributed by atoms with E-state index in [-0.39, 0.29) is 28.7 Å². The van der Waals surface area contributed by atoms with Crippen LogP contribution in [0.3, 0.4) is 0 Å². The lowest BCUT2D eigenvalue weighted by Gasteiger charge is -2.09. The van der Waals surface area contributed by atoms with Gasteiger partial charge in [0.05, 0.1) is 15.6 Å². The van der Waals surface area contributed by atoms with E-state index < -0.39 is 16.7 Å².